The fourth-order valence-electron chi connectivity index (χ4n) is 2.36. The zero-order valence-electron chi connectivity index (χ0n) is 12.2. The van der Waals surface area contributed by atoms with Crippen molar-refractivity contribution >= 4 is 23.6 Å². The molecule has 1 aliphatic rings. The number of hydrogen-bond acceptors (Lipinski definition) is 2. The van der Waals surface area contributed by atoms with Gasteiger partial charge >= 0.3 is 7.12 Å². The molecule has 19 heavy (non-hydrogen) atoms. The molecule has 3 rings (SSSR count). The summed E-state index contributed by atoms with van der Waals surface area (Å²) in [5.74, 6) is 0. The molecule has 1 N–H and O–H groups in total. The molecule has 2 heterocycles. The van der Waals surface area contributed by atoms with Crippen molar-refractivity contribution < 1.29 is 9.31 Å². The van der Waals surface area contributed by atoms with Crippen LogP contribution in [-0.4, -0.2) is 23.3 Å². The molecule has 1 aromatic carbocycles. The molecule has 1 saturated heterocycles. The van der Waals surface area contributed by atoms with Crippen molar-refractivity contribution in [3.63, 3.8) is 0 Å². The number of fused-ring (bicyclic) bond motifs is 1. The maximum atomic E-state index is 6.06. The minimum Gasteiger partial charge on any atom is -0.398 e. The molecule has 0 bridgehead atoms. The fourth-order valence-corrected chi connectivity index (χ4v) is 2.36. The van der Waals surface area contributed by atoms with E-state index < -0.39 is 0 Å². The largest absolute Gasteiger partial charge is 0.512 e. The third-order valence-electron chi connectivity index (χ3n) is 4.31. The number of aryl methyl sites for hydroxylation is 1. The van der Waals surface area contributed by atoms with Crippen LogP contribution in [0.2, 0.25) is 0 Å². The van der Waals surface area contributed by atoms with E-state index in [1.807, 2.05) is 0 Å². The monoisotopic (exact) mass is 257 g/mol. The van der Waals surface area contributed by atoms with Gasteiger partial charge in [-0.3, -0.25) is 0 Å². The van der Waals surface area contributed by atoms with Crippen LogP contribution < -0.4 is 5.59 Å². The summed E-state index contributed by atoms with van der Waals surface area (Å²) in [7, 11) is -0.322. The lowest BCUT2D eigenvalue weighted by Crippen LogP contribution is -2.41. The number of nitrogens with one attached hydrogen (secondary N) is 1. The maximum Gasteiger partial charge on any atom is 0.512 e. The summed E-state index contributed by atoms with van der Waals surface area (Å²) in [5.41, 5.74) is 2.76. The molecular weight excluding hydrogens is 237 g/mol. The molecule has 0 atom stereocenters. The molecule has 1 aliphatic heterocycles. The summed E-state index contributed by atoms with van der Waals surface area (Å²) in [6.07, 6.45) is 0. The van der Waals surface area contributed by atoms with E-state index in [1.165, 1.54) is 10.9 Å². The normalized spacial score (nSPS) is 21.2. The summed E-state index contributed by atoms with van der Waals surface area (Å²) in [6.45, 7) is 10.4. The van der Waals surface area contributed by atoms with Crippen LogP contribution in [0, 0.1) is 6.92 Å². The van der Waals surface area contributed by atoms with Gasteiger partial charge in [0.05, 0.1) is 11.2 Å². The average molecular weight is 257 g/mol. The first kappa shape index (κ1) is 12.8. The first-order valence-electron chi connectivity index (χ1n) is 6.73. The second kappa shape index (κ2) is 3.87. The minimum absolute atomic E-state index is 0.301. The third kappa shape index (κ3) is 1.99. The van der Waals surface area contributed by atoms with Crippen LogP contribution in [0.5, 0.6) is 0 Å². The lowest BCUT2D eigenvalue weighted by molar-refractivity contribution is 0.00578. The molecule has 0 amide bonds. The maximum absolute atomic E-state index is 6.06. The molecule has 1 aromatic heterocycles. The number of aromatic nitrogens is 1. The second-order valence-corrected chi connectivity index (χ2v) is 6.40. The van der Waals surface area contributed by atoms with Gasteiger partial charge in [0.15, 0.2) is 0 Å². The first-order valence-corrected chi connectivity index (χ1v) is 6.73. The van der Waals surface area contributed by atoms with Crippen LogP contribution in [-0.2, 0) is 9.31 Å². The van der Waals surface area contributed by atoms with Crippen molar-refractivity contribution in [2.45, 2.75) is 45.8 Å². The minimum atomic E-state index is -0.322. The Morgan fingerprint density at radius 2 is 1.63 bits per heavy atom. The number of H-pyrrole nitrogens is 1. The van der Waals surface area contributed by atoms with Crippen molar-refractivity contribution in [3.8, 4) is 0 Å². The molecule has 0 aliphatic carbocycles. The van der Waals surface area contributed by atoms with Gasteiger partial charge < -0.3 is 14.3 Å². The topological polar surface area (TPSA) is 34.2 Å². The van der Waals surface area contributed by atoms with Crippen LogP contribution in [0.15, 0.2) is 24.3 Å². The molecule has 2 aromatic rings. The highest BCUT2D eigenvalue weighted by Crippen LogP contribution is 2.36. The van der Waals surface area contributed by atoms with E-state index in [0.29, 0.717) is 0 Å². The Hall–Kier alpha value is -1.26. The smallest absolute Gasteiger partial charge is 0.398 e. The van der Waals surface area contributed by atoms with Crippen molar-refractivity contribution in [1.82, 2.24) is 4.98 Å². The van der Waals surface area contributed by atoms with E-state index in [4.69, 9.17) is 9.31 Å². The summed E-state index contributed by atoms with van der Waals surface area (Å²) in [6, 6.07) is 8.49. The Morgan fingerprint density at radius 3 is 2.26 bits per heavy atom. The Morgan fingerprint density at radius 1 is 1.00 bits per heavy atom. The molecule has 100 valence electrons. The number of hydrogen-bond donors (Lipinski definition) is 1. The highest BCUT2D eigenvalue weighted by molar-refractivity contribution is 6.61. The zero-order chi connectivity index (χ0) is 13.8. The Kier molecular flexibility index (Phi) is 2.60. The number of aromatic amines is 1. The van der Waals surface area contributed by atoms with Gasteiger partial charge in [0.1, 0.15) is 0 Å². The van der Waals surface area contributed by atoms with Crippen LogP contribution in [0.1, 0.15) is 33.3 Å². The molecule has 1 fully saturated rings. The average Bonchev–Trinajstić information content (AvgIpc) is 2.78. The molecule has 3 nitrogen and oxygen atoms in total. The molecule has 0 radical (unpaired) electrons. The van der Waals surface area contributed by atoms with E-state index >= 15 is 0 Å². The van der Waals surface area contributed by atoms with Gasteiger partial charge in [-0.25, -0.2) is 0 Å². The lowest BCUT2D eigenvalue weighted by Gasteiger charge is -2.32. The molecule has 0 saturated carbocycles. The van der Waals surface area contributed by atoms with Gasteiger partial charge in [0, 0.05) is 11.1 Å². The second-order valence-electron chi connectivity index (χ2n) is 6.40. The molecule has 4 heteroatoms. The predicted molar refractivity (Wildman–Crippen MR) is 78.8 cm³/mol. The van der Waals surface area contributed by atoms with Gasteiger partial charge in [-0.05, 0) is 57.7 Å². The Bertz CT molecular complexity index is 614. The number of benzene rings is 1. The predicted octanol–water partition coefficient (Wildman–Crippen LogP) is 2.78. The lowest BCUT2D eigenvalue weighted by atomic mass is 9.85. The van der Waals surface area contributed by atoms with Crippen LogP contribution in [0.3, 0.4) is 0 Å². The van der Waals surface area contributed by atoms with Crippen LogP contribution in [0.25, 0.3) is 10.9 Å². The first-order chi connectivity index (χ1) is 8.78. The van der Waals surface area contributed by atoms with E-state index in [2.05, 4.69) is 63.9 Å². The van der Waals surface area contributed by atoms with Crippen molar-refractivity contribution in [2.75, 3.05) is 0 Å². The third-order valence-corrected chi connectivity index (χ3v) is 4.31. The number of rotatable bonds is 1. The molecule has 0 spiro atoms. The van der Waals surface area contributed by atoms with Crippen LogP contribution in [0.4, 0.5) is 0 Å². The van der Waals surface area contributed by atoms with Gasteiger partial charge in [0.2, 0.25) is 0 Å². The summed E-state index contributed by atoms with van der Waals surface area (Å²) in [4.78, 5) is 3.40. The highest BCUT2D eigenvalue weighted by atomic mass is 16.7. The van der Waals surface area contributed by atoms with Crippen molar-refractivity contribution in [1.29, 1.82) is 0 Å². The Labute approximate surface area is 114 Å². The van der Waals surface area contributed by atoms with Crippen molar-refractivity contribution in [3.05, 3.63) is 29.8 Å². The quantitative estimate of drug-likeness (QED) is 0.797. The summed E-state index contributed by atoms with van der Waals surface area (Å²) >= 11 is 0. The van der Waals surface area contributed by atoms with Gasteiger partial charge in [0.25, 0.3) is 0 Å². The standard InChI is InChI=1S/C15H20BNO2/c1-10-6-7-11-9-13(17-12(11)8-10)16-18-14(2,3)15(4,5)19-16/h6-9,17H,1-5H3. The van der Waals surface area contributed by atoms with Gasteiger partial charge in [-0.1, -0.05) is 12.1 Å². The highest BCUT2D eigenvalue weighted by Gasteiger charge is 2.52. The fraction of sp³-hybridized carbons (Fsp3) is 0.467. The van der Waals surface area contributed by atoms with Gasteiger partial charge in [-0.2, -0.15) is 0 Å². The van der Waals surface area contributed by atoms with E-state index in [9.17, 15) is 0 Å². The molecule has 0 unspecified atom stereocenters. The summed E-state index contributed by atoms with van der Waals surface area (Å²) < 4.78 is 12.1. The zero-order valence-corrected chi connectivity index (χ0v) is 12.2. The Balaban J connectivity index is 1.98. The molecular formula is C15H20BNO2. The van der Waals surface area contributed by atoms with E-state index in [-0.39, 0.29) is 18.3 Å². The van der Waals surface area contributed by atoms with Crippen LogP contribution >= 0.6 is 0 Å². The summed E-state index contributed by atoms with van der Waals surface area (Å²) in [5, 5.41) is 1.19. The van der Waals surface area contributed by atoms with E-state index in [0.717, 1.165) is 11.1 Å². The van der Waals surface area contributed by atoms with Gasteiger partial charge in [-0.15, -0.1) is 0 Å². The van der Waals surface area contributed by atoms with E-state index in [1.54, 1.807) is 0 Å². The SMILES string of the molecule is Cc1ccc2cc(B3OC(C)(C)C(C)(C)O3)[nH]c2c1. The van der Waals surface area contributed by atoms with Crippen molar-refractivity contribution in [2.24, 2.45) is 0 Å².